The van der Waals surface area contributed by atoms with Crippen LogP contribution < -0.4 is 10.6 Å². The van der Waals surface area contributed by atoms with Crippen molar-refractivity contribution >= 4 is 5.96 Å². The Labute approximate surface area is 152 Å². The van der Waals surface area contributed by atoms with Crippen molar-refractivity contribution in [2.75, 3.05) is 20.2 Å². The van der Waals surface area contributed by atoms with Gasteiger partial charge in [-0.25, -0.2) is 4.98 Å². The fraction of sp³-hybridized carbons (Fsp3) is 0.444. The van der Waals surface area contributed by atoms with E-state index >= 15 is 0 Å². The van der Waals surface area contributed by atoms with Gasteiger partial charge in [-0.05, 0) is 18.9 Å². The number of halogens is 2. The van der Waals surface area contributed by atoms with Gasteiger partial charge in [0.05, 0.1) is 12.6 Å². The zero-order valence-corrected chi connectivity index (χ0v) is 15.0. The Morgan fingerprint density at radius 2 is 2.04 bits per heavy atom. The van der Waals surface area contributed by atoms with Crippen LogP contribution in [0.2, 0.25) is 0 Å². The van der Waals surface area contributed by atoms with Crippen LogP contribution in [0.4, 0.5) is 8.78 Å². The van der Waals surface area contributed by atoms with E-state index in [1.54, 1.807) is 7.05 Å². The first-order chi connectivity index (χ1) is 12.6. The molecule has 8 heteroatoms. The smallest absolute Gasteiger partial charge is 0.319 e. The first kappa shape index (κ1) is 19.8. The van der Waals surface area contributed by atoms with Gasteiger partial charge < -0.3 is 15.4 Å². The van der Waals surface area contributed by atoms with Crippen molar-refractivity contribution in [1.82, 2.24) is 20.2 Å². The van der Waals surface area contributed by atoms with Crippen LogP contribution in [0.3, 0.4) is 0 Å². The average molecular weight is 365 g/mol. The molecule has 142 valence electrons. The zero-order valence-electron chi connectivity index (χ0n) is 15.0. The number of rotatable bonds is 9. The molecule has 6 nitrogen and oxygen atoms in total. The van der Waals surface area contributed by atoms with Gasteiger partial charge in [-0.2, -0.15) is 8.78 Å². The second-order valence-corrected chi connectivity index (χ2v) is 5.66. The fourth-order valence-corrected chi connectivity index (χ4v) is 2.40. The van der Waals surface area contributed by atoms with Crippen LogP contribution >= 0.6 is 0 Å². The minimum absolute atomic E-state index is 0.0434. The third-order valence-corrected chi connectivity index (χ3v) is 3.85. The zero-order chi connectivity index (χ0) is 18.8. The van der Waals surface area contributed by atoms with E-state index in [0.29, 0.717) is 19.1 Å². The molecule has 0 saturated carbocycles. The maximum atomic E-state index is 12.8. The maximum Gasteiger partial charge on any atom is 0.319 e. The number of nitrogens with zero attached hydrogens (tertiary/aromatic N) is 3. The van der Waals surface area contributed by atoms with Crippen molar-refractivity contribution in [3.63, 3.8) is 0 Å². The average Bonchev–Trinajstić information content (AvgIpc) is 3.13. The van der Waals surface area contributed by atoms with Gasteiger partial charge in [0.15, 0.2) is 5.96 Å². The molecule has 1 aromatic heterocycles. The number of imidazole rings is 1. The molecule has 26 heavy (non-hydrogen) atoms. The van der Waals surface area contributed by atoms with E-state index < -0.39 is 6.55 Å². The molecule has 1 aromatic carbocycles. The van der Waals surface area contributed by atoms with Crippen molar-refractivity contribution in [3.8, 4) is 0 Å². The number of nitrogens with one attached hydrogen (secondary N) is 2. The lowest BCUT2D eigenvalue weighted by Gasteiger charge is -2.15. The summed E-state index contributed by atoms with van der Waals surface area (Å²) in [5, 5.41) is 6.10. The van der Waals surface area contributed by atoms with Gasteiger partial charge in [0, 0.05) is 32.6 Å². The third-order valence-electron chi connectivity index (χ3n) is 3.85. The second kappa shape index (κ2) is 10.5. The summed E-state index contributed by atoms with van der Waals surface area (Å²) in [6, 6.07) is 10.0. The van der Waals surface area contributed by atoms with E-state index in [2.05, 4.69) is 20.6 Å². The van der Waals surface area contributed by atoms with Gasteiger partial charge >= 0.3 is 6.55 Å². The van der Waals surface area contributed by atoms with E-state index in [0.717, 1.165) is 16.6 Å². The lowest BCUT2D eigenvalue weighted by molar-refractivity contribution is 0.0645. The summed E-state index contributed by atoms with van der Waals surface area (Å²) < 4.78 is 32.2. The van der Waals surface area contributed by atoms with Crippen LogP contribution in [-0.2, 0) is 11.3 Å². The Morgan fingerprint density at radius 3 is 2.73 bits per heavy atom. The molecule has 0 aliphatic carbocycles. The Hall–Kier alpha value is -2.48. The summed E-state index contributed by atoms with van der Waals surface area (Å²) in [4.78, 5) is 7.99. The molecule has 0 bridgehead atoms. The fourth-order valence-electron chi connectivity index (χ4n) is 2.40. The summed E-state index contributed by atoms with van der Waals surface area (Å²) in [6.45, 7) is 0.848. The first-order valence-corrected chi connectivity index (χ1v) is 8.52. The number of hydrogen-bond acceptors (Lipinski definition) is 3. The van der Waals surface area contributed by atoms with E-state index in [4.69, 9.17) is 4.74 Å². The SMILES string of the molecule is CN=C(NCCCOC(C)c1ccccc1)NCc1nccn1C(F)F. The molecule has 1 heterocycles. The molecule has 0 spiro atoms. The van der Waals surface area contributed by atoms with Gasteiger partial charge in [0.2, 0.25) is 0 Å². The molecule has 0 saturated heterocycles. The molecule has 1 unspecified atom stereocenters. The van der Waals surface area contributed by atoms with E-state index in [1.165, 1.54) is 12.4 Å². The molecule has 2 N–H and O–H groups in total. The Bertz CT molecular complexity index is 675. The van der Waals surface area contributed by atoms with Gasteiger partial charge in [0.25, 0.3) is 0 Å². The summed E-state index contributed by atoms with van der Waals surface area (Å²) >= 11 is 0. The lowest BCUT2D eigenvalue weighted by Crippen LogP contribution is -2.38. The highest BCUT2D eigenvalue weighted by Crippen LogP contribution is 2.15. The molecule has 0 radical (unpaired) electrons. The molecule has 2 rings (SSSR count). The molecule has 2 aromatic rings. The van der Waals surface area contributed by atoms with Crippen LogP contribution in [0.25, 0.3) is 0 Å². The molecule has 0 amide bonds. The number of hydrogen-bond donors (Lipinski definition) is 2. The first-order valence-electron chi connectivity index (χ1n) is 8.52. The number of ether oxygens (including phenoxy) is 1. The number of aromatic nitrogens is 2. The highest BCUT2D eigenvalue weighted by atomic mass is 19.3. The standard InChI is InChI=1S/C18H25F2N5O/c1-14(15-7-4-3-5-8-15)26-12-6-9-23-18(21-2)24-13-16-22-10-11-25(16)17(19)20/h3-5,7-8,10-11,14,17H,6,9,12-13H2,1-2H3,(H2,21,23,24). The normalized spacial score (nSPS) is 13.0. The topological polar surface area (TPSA) is 63.5 Å². The van der Waals surface area contributed by atoms with E-state index in [1.807, 2.05) is 37.3 Å². The number of aliphatic imine (C=N–C) groups is 1. The van der Waals surface area contributed by atoms with Crippen LogP contribution in [0.5, 0.6) is 0 Å². The summed E-state index contributed by atoms with van der Waals surface area (Å²) in [6.07, 6.45) is 3.44. The van der Waals surface area contributed by atoms with Crippen LogP contribution in [0.15, 0.2) is 47.7 Å². The molecule has 0 aliphatic heterocycles. The van der Waals surface area contributed by atoms with Gasteiger partial charge in [-0.1, -0.05) is 30.3 Å². The van der Waals surface area contributed by atoms with Crippen molar-refractivity contribution in [2.45, 2.75) is 32.5 Å². The quantitative estimate of drug-likeness (QED) is 0.407. The highest BCUT2D eigenvalue weighted by Gasteiger charge is 2.11. The highest BCUT2D eigenvalue weighted by molar-refractivity contribution is 5.79. The van der Waals surface area contributed by atoms with Crippen LogP contribution in [-0.4, -0.2) is 35.7 Å². The van der Waals surface area contributed by atoms with E-state index in [-0.39, 0.29) is 18.5 Å². The molecule has 1 atom stereocenters. The molecule has 0 fully saturated rings. The molecular weight excluding hydrogens is 340 g/mol. The van der Waals surface area contributed by atoms with E-state index in [9.17, 15) is 8.78 Å². The maximum absolute atomic E-state index is 12.8. The Balaban J connectivity index is 1.65. The monoisotopic (exact) mass is 365 g/mol. The lowest BCUT2D eigenvalue weighted by atomic mass is 10.1. The number of guanidine groups is 1. The minimum Gasteiger partial charge on any atom is -0.374 e. The van der Waals surface area contributed by atoms with Crippen LogP contribution in [0, 0.1) is 0 Å². The summed E-state index contributed by atoms with van der Waals surface area (Å²) in [7, 11) is 1.63. The van der Waals surface area contributed by atoms with Gasteiger partial charge in [-0.3, -0.25) is 9.56 Å². The van der Waals surface area contributed by atoms with Gasteiger partial charge in [0.1, 0.15) is 5.82 Å². The summed E-state index contributed by atoms with van der Waals surface area (Å²) in [5.74, 6) is 0.785. The van der Waals surface area contributed by atoms with Crippen LogP contribution in [0.1, 0.15) is 37.4 Å². The van der Waals surface area contributed by atoms with Crippen molar-refractivity contribution in [3.05, 3.63) is 54.1 Å². The minimum atomic E-state index is -2.60. The summed E-state index contributed by atoms with van der Waals surface area (Å²) in [5.41, 5.74) is 1.15. The third kappa shape index (κ3) is 6.11. The predicted molar refractivity (Wildman–Crippen MR) is 97.1 cm³/mol. The number of alkyl halides is 2. The van der Waals surface area contributed by atoms with Crippen molar-refractivity contribution in [1.29, 1.82) is 0 Å². The largest absolute Gasteiger partial charge is 0.374 e. The van der Waals surface area contributed by atoms with Crippen molar-refractivity contribution in [2.24, 2.45) is 4.99 Å². The Kier molecular flexibility index (Phi) is 8.01. The second-order valence-electron chi connectivity index (χ2n) is 5.66. The number of benzene rings is 1. The molecular formula is C18H25F2N5O. The Morgan fingerprint density at radius 1 is 1.27 bits per heavy atom. The van der Waals surface area contributed by atoms with Crippen molar-refractivity contribution < 1.29 is 13.5 Å². The van der Waals surface area contributed by atoms with Gasteiger partial charge in [-0.15, -0.1) is 0 Å². The predicted octanol–water partition coefficient (Wildman–Crippen LogP) is 3.11. The molecule has 0 aliphatic rings.